The molecule has 0 aromatic heterocycles. The Kier molecular flexibility index (Phi) is 3.58. The van der Waals surface area contributed by atoms with Crippen LogP contribution < -0.4 is 5.73 Å². The minimum absolute atomic E-state index is 0.134. The molecule has 21 heavy (non-hydrogen) atoms. The lowest BCUT2D eigenvalue weighted by molar-refractivity contribution is 0.459. The average Bonchev–Trinajstić information content (AvgIpc) is 2.29. The van der Waals surface area contributed by atoms with E-state index < -0.39 is 42.2 Å². The second kappa shape index (κ2) is 4.84. The summed E-state index contributed by atoms with van der Waals surface area (Å²) in [5, 5.41) is 10.4. The van der Waals surface area contributed by atoms with Crippen LogP contribution in [0.3, 0.4) is 0 Å². The van der Waals surface area contributed by atoms with Crippen LogP contribution in [0.15, 0.2) is 29.2 Å². The van der Waals surface area contributed by atoms with Crippen LogP contribution in [-0.4, -0.2) is 31.0 Å². The Hall–Kier alpha value is -1.88. The normalized spacial score (nSPS) is 12.7. The van der Waals surface area contributed by atoms with Gasteiger partial charge in [0.05, 0.1) is 0 Å². The molecule has 0 unspecified atom stereocenters. The number of rotatable bonds is 3. The van der Waals surface area contributed by atoms with E-state index in [0.29, 0.717) is 0 Å². The molecule has 0 bridgehead atoms. The zero-order valence-corrected chi connectivity index (χ0v) is 12.0. The highest BCUT2D eigenvalue weighted by Crippen LogP contribution is 2.36. The smallest absolute Gasteiger partial charge is 0.294 e. The molecule has 0 heterocycles. The van der Waals surface area contributed by atoms with Crippen LogP contribution in [0.25, 0.3) is 10.8 Å². The van der Waals surface area contributed by atoms with E-state index in [-0.39, 0.29) is 16.5 Å². The first kappa shape index (κ1) is 15.5. The third-order valence-corrected chi connectivity index (χ3v) is 4.38. The maximum Gasteiger partial charge on any atom is 0.294 e. The molecule has 10 heteroatoms. The van der Waals surface area contributed by atoms with Gasteiger partial charge < -0.3 is 10.8 Å². The lowest BCUT2D eigenvalue weighted by Crippen LogP contribution is -2.09. The highest BCUT2D eigenvalue weighted by molar-refractivity contribution is 7.86. The highest BCUT2D eigenvalue weighted by Gasteiger charge is 2.24. The minimum atomic E-state index is -4.81. The Labute approximate surface area is 120 Å². The molecule has 2 rings (SSSR count). The summed E-state index contributed by atoms with van der Waals surface area (Å²) in [6, 6.07) is 5.11. The summed E-state index contributed by atoms with van der Waals surface area (Å²) in [4.78, 5) is -0.810. The quantitative estimate of drug-likeness (QED) is 0.474. The topological polar surface area (TPSA) is 155 Å². The molecule has 0 aliphatic rings. The lowest BCUT2D eigenvalue weighted by atomic mass is 10.1. The van der Waals surface area contributed by atoms with E-state index >= 15 is 0 Å². The molecule has 0 amide bonds. The van der Waals surface area contributed by atoms with Crippen LogP contribution in [0.4, 0.5) is 5.69 Å². The largest absolute Gasteiger partial charge is 0.507 e. The summed E-state index contributed by atoms with van der Waals surface area (Å²) >= 11 is 0. The third kappa shape index (κ3) is 3.24. The van der Waals surface area contributed by atoms with Crippen molar-refractivity contribution >= 4 is 36.7 Å². The molecule has 0 fully saturated rings. The predicted octanol–water partition coefficient (Wildman–Crippen LogP) is 0.762. The zero-order valence-electron chi connectivity index (χ0n) is 10.4. The van der Waals surface area contributed by atoms with Gasteiger partial charge in [-0.2, -0.15) is 16.8 Å². The molecule has 114 valence electrons. The molecule has 0 aliphatic carbocycles. The Bertz CT molecular complexity index is 933. The summed E-state index contributed by atoms with van der Waals surface area (Å²) in [6.45, 7) is 0. The molecule has 0 aliphatic heterocycles. The first-order valence-corrected chi connectivity index (χ1v) is 8.51. The van der Waals surface area contributed by atoms with Gasteiger partial charge >= 0.3 is 0 Å². The summed E-state index contributed by atoms with van der Waals surface area (Å²) < 4.78 is 62.7. The van der Waals surface area contributed by atoms with Crippen molar-refractivity contribution in [2.24, 2.45) is 0 Å². The van der Waals surface area contributed by atoms with E-state index in [1.165, 1.54) is 18.2 Å². The molecule has 0 saturated heterocycles. The summed E-state index contributed by atoms with van der Waals surface area (Å²) in [5.41, 5.74) is 5.21. The van der Waals surface area contributed by atoms with Crippen molar-refractivity contribution in [3.8, 4) is 5.75 Å². The maximum atomic E-state index is 11.4. The van der Waals surface area contributed by atoms with E-state index in [9.17, 15) is 26.5 Å². The van der Waals surface area contributed by atoms with Gasteiger partial charge in [-0.15, -0.1) is 0 Å². The number of phenols is 1. The highest BCUT2D eigenvalue weighted by atomic mass is 32.2. The zero-order chi connectivity index (χ0) is 16.0. The number of fused-ring (bicyclic) bond motifs is 1. The van der Waals surface area contributed by atoms with Gasteiger partial charge in [-0.05, 0) is 29.7 Å². The van der Waals surface area contributed by atoms with Gasteiger partial charge in [-0.3, -0.25) is 9.11 Å². The SMILES string of the molecule is Nc1ccc2c(O)c(CS(=O)(=O)O)c(S(=O)(=O)O)cc2c1. The average molecular weight is 333 g/mol. The van der Waals surface area contributed by atoms with Crippen LogP contribution in [0.1, 0.15) is 5.56 Å². The standard InChI is InChI=1S/C11H11NO7S2/c12-7-1-2-8-6(3-7)4-10(21(17,18)19)9(11(8)13)5-20(14,15)16/h1-4,13H,5,12H2,(H,14,15,16)(H,17,18,19). The predicted molar refractivity (Wildman–Crippen MR) is 75.1 cm³/mol. The van der Waals surface area contributed by atoms with Gasteiger partial charge in [-0.25, -0.2) is 0 Å². The molecule has 0 radical (unpaired) electrons. The van der Waals surface area contributed by atoms with Crippen molar-refractivity contribution in [2.45, 2.75) is 10.6 Å². The van der Waals surface area contributed by atoms with Gasteiger partial charge in [-0.1, -0.05) is 0 Å². The molecule has 8 nitrogen and oxygen atoms in total. The molecule has 0 spiro atoms. The Morgan fingerprint density at radius 1 is 1.05 bits per heavy atom. The van der Waals surface area contributed by atoms with E-state index in [2.05, 4.69) is 0 Å². The van der Waals surface area contributed by atoms with E-state index in [1.54, 1.807) is 0 Å². The van der Waals surface area contributed by atoms with E-state index in [1.807, 2.05) is 0 Å². The molecule has 2 aromatic rings. The van der Waals surface area contributed by atoms with Crippen molar-refractivity contribution < 1.29 is 31.0 Å². The van der Waals surface area contributed by atoms with Gasteiger partial charge in [0.2, 0.25) is 0 Å². The number of hydrogen-bond donors (Lipinski definition) is 4. The van der Waals surface area contributed by atoms with Gasteiger partial charge in [0.1, 0.15) is 16.4 Å². The summed E-state index contributed by atoms with van der Waals surface area (Å²) in [7, 11) is -9.43. The maximum absolute atomic E-state index is 11.4. The molecule has 2 aromatic carbocycles. The fourth-order valence-corrected chi connectivity index (χ4v) is 3.48. The van der Waals surface area contributed by atoms with Gasteiger partial charge in [0.15, 0.2) is 0 Å². The third-order valence-electron chi connectivity index (χ3n) is 2.81. The van der Waals surface area contributed by atoms with Gasteiger partial charge in [0.25, 0.3) is 20.2 Å². The summed E-state index contributed by atoms with van der Waals surface area (Å²) in [5.74, 6) is -1.83. The molecular formula is C11H11NO7S2. The minimum Gasteiger partial charge on any atom is -0.507 e. The number of phenolic OH excluding ortho intramolecular Hbond substituents is 1. The Morgan fingerprint density at radius 2 is 1.67 bits per heavy atom. The second-order valence-electron chi connectivity index (χ2n) is 4.38. The Morgan fingerprint density at radius 3 is 2.19 bits per heavy atom. The number of aromatic hydroxyl groups is 1. The van der Waals surface area contributed by atoms with Crippen LogP contribution in [0.5, 0.6) is 5.75 Å². The second-order valence-corrected chi connectivity index (χ2v) is 7.23. The molecule has 0 saturated carbocycles. The van der Waals surface area contributed by atoms with E-state index in [0.717, 1.165) is 6.07 Å². The molecule has 5 N–H and O–H groups in total. The fourth-order valence-electron chi connectivity index (χ4n) is 1.98. The number of anilines is 1. The fraction of sp³-hybridized carbons (Fsp3) is 0.0909. The number of nitrogen functional groups attached to an aromatic ring is 1. The monoisotopic (exact) mass is 333 g/mol. The number of hydrogen-bond acceptors (Lipinski definition) is 6. The van der Waals surface area contributed by atoms with Crippen molar-refractivity contribution in [3.63, 3.8) is 0 Å². The molecular weight excluding hydrogens is 322 g/mol. The molecule has 0 atom stereocenters. The van der Waals surface area contributed by atoms with Crippen LogP contribution in [0.2, 0.25) is 0 Å². The van der Waals surface area contributed by atoms with Crippen LogP contribution in [0, 0.1) is 0 Å². The van der Waals surface area contributed by atoms with E-state index in [4.69, 9.17) is 10.3 Å². The Balaban J connectivity index is 2.93. The van der Waals surface area contributed by atoms with Crippen LogP contribution in [-0.2, 0) is 26.0 Å². The van der Waals surface area contributed by atoms with Crippen LogP contribution >= 0.6 is 0 Å². The summed E-state index contributed by atoms with van der Waals surface area (Å²) in [6.07, 6.45) is 0. The van der Waals surface area contributed by atoms with Gasteiger partial charge in [0, 0.05) is 16.6 Å². The first-order valence-electron chi connectivity index (χ1n) is 5.46. The van der Waals surface area contributed by atoms with Crippen molar-refractivity contribution in [3.05, 3.63) is 29.8 Å². The first-order chi connectivity index (χ1) is 9.49. The number of nitrogens with two attached hydrogens (primary N) is 1. The van der Waals surface area contributed by atoms with Crippen molar-refractivity contribution in [1.29, 1.82) is 0 Å². The number of benzene rings is 2. The van der Waals surface area contributed by atoms with Crippen molar-refractivity contribution in [1.82, 2.24) is 0 Å². The van der Waals surface area contributed by atoms with Crippen molar-refractivity contribution in [2.75, 3.05) is 5.73 Å². The lowest BCUT2D eigenvalue weighted by Gasteiger charge is -2.12.